The van der Waals surface area contributed by atoms with Gasteiger partial charge in [0, 0.05) is 22.2 Å². The van der Waals surface area contributed by atoms with E-state index in [1.807, 2.05) is 0 Å². The predicted octanol–water partition coefficient (Wildman–Crippen LogP) is 4.64. The van der Waals surface area contributed by atoms with Crippen LogP contribution in [-0.4, -0.2) is 13.1 Å². The SMILES string of the molecule is CNC(Cc1ccc(F)cc1F)Cc1c(Cl)cccc1Cl. The minimum absolute atomic E-state index is 0.0534. The molecule has 112 valence electrons. The lowest BCUT2D eigenvalue weighted by atomic mass is 9.98. The average Bonchev–Trinajstić information content (AvgIpc) is 2.44. The molecule has 2 rings (SSSR count). The van der Waals surface area contributed by atoms with Gasteiger partial charge in [-0.3, -0.25) is 0 Å². The van der Waals surface area contributed by atoms with E-state index in [0.717, 1.165) is 11.6 Å². The van der Waals surface area contributed by atoms with Gasteiger partial charge in [0.25, 0.3) is 0 Å². The molecule has 1 atom stereocenters. The van der Waals surface area contributed by atoms with Gasteiger partial charge in [-0.15, -0.1) is 0 Å². The summed E-state index contributed by atoms with van der Waals surface area (Å²) in [5.41, 5.74) is 1.28. The number of benzene rings is 2. The van der Waals surface area contributed by atoms with Crippen LogP contribution in [0.1, 0.15) is 11.1 Å². The van der Waals surface area contributed by atoms with Crippen molar-refractivity contribution >= 4 is 23.2 Å². The number of halogens is 4. The topological polar surface area (TPSA) is 12.0 Å². The molecule has 1 unspecified atom stereocenters. The lowest BCUT2D eigenvalue weighted by Gasteiger charge is -2.18. The van der Waals surface area contributed by atoms with Crippen LogP contribution in [0.25, 0.3) is 0 Å². The van der Waals surface area contributed by atoms with Crippen LogP contribution in [0.5, 0.6) is 0 Å². The zero-order chi connectivity index (χ0) is 15.4. The molecule has 5 heteroatoms. The molecule has 0 radical (unpaired) electrons. The third-order valence-corrected chi connectivity index (χ3v) is 4.11. The van der Waals surface area contributed by atoms with Crippen LogP contribution < -0.4 is 5.32 Å². The lowest BCUT2D eigenvalue weighted by molar-refractivity contribution is 0.524. The first-order valence-electron chi connectivity index (χ1n) is 6.55. The molecule has 0 heterocycles. The monoisotopic (exact) mass is 329 g/mol. The molecule has 2 aromatic rings. The van der Waals surface area contributed by atoms with Gasteiger partial charge in [0.1, 0.15) is 11.6 Å². The van der Waals surface area contributed by atoms with Crippen molar-refractivity contribution in [1.82, 2.24) is 5.32 Å². The molecule has 0 saturated heterocycles. The highest BCUT2D eigenvalue weighted by Gasteiger charge is 2.15. The molecule has 21 heavy (non-hydrogen) atoms. The van der Waals surface area contributed by atoms with Gasteiger partial charge in [-0.1, -0.05) is 35.3 Å². The molecule has 2 aromatic carbocycles. The van der Waals surface area contributed by atoms with E-state index in [1.165, 1.54) is 12.1 Å². The molecule has 1 nitrogen and oxygen atoms in total. The van der Waals surface area contributed by atoms with Crippen LogP contribution in [0, 0.1) is 11.6 Å². The van der Waals surface area contributed by atoms with Crippen LogP contribution in [0.3, 0.4) is 0 Å². The van der Waals surface area contributed by atoms with E-state index < -0.39 is 11.6 Å². The molecule has 0 bridgehead atoms. The number of nitrogens with one attached hydrogen (secondary N) is 1. The molecule has 0 aromatic heterocycles. The Kier molecular flexibility index (Phi) is 5.57. The second-order valence-electron chi connectivity index (χ2n) is 4.83. The van der Waals surface area contributed by atoms with E-state index in [2.05, 4.69) is 5.32 Å². The second kappa shape index (κ2) is 7.21. The molecule has 0 saturated carbocycles. The van der Waals surface area contributed by atoms with Crippen molar-refractivity contribution in [2.24, 2.45) is 0 Å². The van der Waals surface area contributed by atoms with Crippen molar-refractivity contribution in [3.05, 3.63) is 69.2 Å². The van der Waals surface area contributed by atoms with Crippen molar-refractivity contribution in [3.8, 4) is 0 Å². The van der Waals surface area contributed by atoms with Crippen LogP contribution >= 0.6 is 23.2 Å². The zero-order valence-corrected chi connectivity index (χ0v) is 13.0. The van der Waals surface area contributed by atoms with Crippen LogP contribution in [0.2, 0.25) is 10.0 Å². The Labute approximate surface area is 132 Å². The summed E-state index contributed by atoms with van der Waals surface area (Å²) < 4.78 is 26.7. The first kappa shape index (κ1) is 16.2. The summed E-state index contributed by atoms with van der Waals surface area (Å²) >= 11 is 12.3. The standard InChI is InChI=1S/C16H15Cl2F2N/c1-21-12(7-10-5-6-11(19)8-16(10)20)9-13-14(17)3-2-4-15(13)18/h2-6,8,12,21H,7,9H2,1H3. The van der Waals surface area contributed by atoms with Crippen molar-refractivity contribution < 1.29 is 8.78 Å². The lowest BCUT2D eigenvalue weighted by Crippen LogP contribution is -2.30. The van der Waals surface area contributed by atoms with Gasteiger partial charge in [-0.2, -0.15) is 0 Å². The van der Waals surface area contributed by atoms with Gasteiger partial charge in [-0.05, 0) is 49.2 Å². The van der Waals surface area contributed by atoms with Gasteiger partial charge >= 0.3 is 0 Å². The van der Waals surface area contributed by atoms with E-state index >= 15 is 0 Å². The highest BCUT2D eigenvalue weighted by Crippen LogP contribution is 2.26. The van der Waals surface area contributed by atoms with Crippen LogP contribution in [-0.2, 0) is 12.8 Å². The van der Waals surface area contributed by atoms with Crippen molar-refractivity contribution in [2.45, 2.75) is 18.9 Å². The first-order chi connectivity index (χ1) is 10.0. The normalized spacial score (nSPS) is 12.4. The summed E-state index contributed by atoms with van der Waals surface area (Å²) in [7, 11) is 1.79. The molecule has 0 aliphatic carbocycles. The number of hydrogen-bond donors (Lipinski definition) is 1. The largest absolute Gasteiger partial charge is 0.316 e. The third-order valence-electron chi connectivity index (χ3n) is 3.40. The highest BCUT2D eigenvalue weighted by molar-refractivity contribution is 6.36. The Morgan fingerprint density at radius 2 is 1.71 bits per heavy atom. The summed E-state index contributed by atoms with van der Waals surface area (Å²) in [6.45, 7) is 0. The average molecular weight is 330 g/mol. The Morgan fingerprint density at radius 1 is 1.05 bits per heavy atom. The minimum atomic E-state index is -0.577. The molecule has 1 N–H and O–H groups in total. The van der Waals surface area contributed by atoms with Gasteiger partial charge in [0.15, 0.2) is 0 Å². The molecule has 0 aliphatic heterocycles. The Balaban J connectivity index is 2.17. The van der Waals surface area contributed by atoms with Crippen molar-refractivity contribution in [2.75, 3.05) is 7.05 Å². The van der Waals surface area contributed by atoms with Gasteiger partial charge in [-0.25, -0.2) is 8.78 Å². The first-order valence-corrected chi connectivity index (χ1v) is 7.31. The molecular weight excluding hydrogens is 315 g/mol. The van der Waals surface area contributed by atoms with E-state index in [4.69, 9.17) is 23.2 Å². The van der Waals surface area contributed by atoms with Gasteiger partial charge in [0.2, 0.25) is 0 Å². The van der Waals surface area contributed by atoms with E-state index in [0.29, 0.717) is 28.5 Å². The molecule has 0 aliphatic rings. The van der Waals surface area contributed by atoms with E-state index in [9.17, 15) is 8.78 Å². The van der Waals surface area contributed by atoms with Crippen LogP contribution in [0.4, 0.5) is 8.78 Å². The maximum atomic E-state index is 13.7. The zero-order valence-electron chi connectivity index (χ0n) is 11.5. The maximum absolute atomic E-state index is 13.7. The molecular formula is C16H15Cl2F2N. The summed E-state index contributed by atoms with van der Waals surface area (Å²) in [4.78, 5) is 0. The molecule has 0 spiro atoms. The quantitative estimate of drug-likeness (QED) is 0.842. The summed E-state index contributed by atoms with van der Waals surface area (Å²) in [5, 5.41) is 4.29. The van der Waals surface area contributed by atoms with Crippen molar-refractivity contribution in [1.29, 1.82) is 0 Å². The van der Waals surface area contributed by atoms with E-state index in [1.54, 1.807) is 25.2 Å². The smallest absolute Gasteiger partial charge is 0.129 e. The fraction of sp³-hybridized carbons (Fsp3) is 0.250. The Bertz CT molecular complexity index is 611. The van der Waals surface area contributed by atoms with Crippen LogP contribution in [0.15, 0.2) is 36.4 Å². The Morgan fingerprint density at radius 3 is 2.29 bits per heavy atom. The van der Waals surface area contributed by atoms with Gasteiger partial charge in [0.05, 0.1) is 0 Å². The number of likely N-dealkylation sites (N-methyl/N-ethyl adjacent to an activating group) is 1. The summed E-state index contributed by atoms with van der Waals surface area (Å²) in [5.74, 6) is -1.12. The van der Waals surface area contributed by atoms with Crippen molar-refractivity contribution in [3.63, 3.8) is 0 Å². The molecule has 0 fully saturated rings. The Hall–Kier alpha value is -1.16. The summed E-state index contributed by atoms with van der Waals surface area (Å²) in [6.07, 6.45) is 0.982. The van der Waals surface area contributed by atoms with E-state index in [-0.39, 0.29) is 6.04 Å². The fourth-order valence-electron chi connectivity index (χ4n) is 2.20. The number of hydrogen-bond acceptors (Lipinski definition) is 1. The fourth-order valence-corrected chi connectivity index (χ4v) is 2.75. The number of rotatable bonds is 5. The predicted molar refractivity (Wildman–Crippen MR) is 83.1 cm³/mol. The maximum Gasteiger partial charge on any atom is 0.129 e. The second-order valence-corrected chi connectivity index (χ2v) is 5.64. The minimum Gasteiger partial charge on any atom is -0.316 e. The molecule has 0 amide bonds. The van der Waals surface area contributed by atoms with Gasteiger partial charge < -0.3 is 5.32 Å². The third kappa shape index (κ3) is 4.16. The highest BCUT2D eigenvalue weighted by atomic mass is 35.5. The summed E-state index contributed by atoms with van der Waals surface area (Å²) in [6, 6.07) is 8.88.